The lowest BCUT2D eigenvalue weighted by atomic mass is 9.85. The minimum absolute atomic E-state index is 0.0155. The molecule has 1 unspecified atom stereocenters. The van der Waals surface area contributed by atoms with E-state index in [4.69, 9.17) is 11.6 Å². The highest BCUT2D eigenvalue weighted by molar-refractivity contribution is 7.16. The number of carbonyl (C=O) groups excluding carboxylic acids is 1. The summed E-state index contributed by atoms with van der Waals surface area (Å²) in [5.41, 5.74) is 1.94. The molecule has 0 saturated heterocycles. The highest BCUT2D eigenvalue weighted by Gasteiger charge is 2.38. The van der Waals surface area contributed by atoms with Crippen LogP contribution in [0.15, 0.2) is 30.3 Å². The number of halogens is 1. The first-order chi connectivity index (χ1) is 9.39. The van der Waals surface area contributed by atoms with Crippen molar-refractivity contribution in [1.82, 2.24) is 0 Å². The molecule has 3 nitrogen and oxygen atoms in total. The van der Waals surface area contributed by atoms with Crippen LogP contribution < -0.4 is 5.32 Å². The topological polar surface area (TPSA) is 49.3 Å². The van der Waals surface area contributed by atoms with Crippen molar-refractivity contribution in [3.05, 3.63) is 50.7 Å². The predicted molar refractivity (Wildman–Crippen MR) is 81.5 cm³/mol. The van der Waals surface area contributed by atoms with E-state index in [1.165, 1.54) is 11.3 Å². The number of carbonyl (C=O) groups is 1. The van der Waals surface area contributed by atoms with Crippen molar-refractivity contribution >= 4 is 34.5 Å². The van der Waals surface area contributed by atoms with E-state index in [-0.39, 0.29) is 5.91 Å². The molecule has 1 aromatic carbocycles. The monoisotopic (exact) mass is 307 g/mol. The van der Waals surface area contributed by atoms with Crippen LogP contribution in [0.3, 0.4) is 0 Å². The van der Waals surface area contributed by atoms with Crippen LogP contribution in [0.5, 0.6) is 0 Å². The summed E-state index contributed by atoms with van der Waals surface area (Å²) >= 11 is 7.26. The first-order valence-corrected chi connectivity index (χ1v) is 7.48. The van der Waals surface area contributed by atoms with Gasteiger partial charge in [-0.1, -0.05) is 17.7 Å². The largest absolute Gasteiger partial charge is 0.383 e. The number of rotatable bonds is 2. The van der Waals surface area contributed by atoms with E-state index in [9.17, 15) is 9.90 Å². The number of hydrogen-bond acceptors (Lipinski definition) is 3. The summed E-state index contributed by atoms with van der Waals surface area (Å²) in [6, 6.07) is 9.16. The first kappa shape index (κ1) is 13.6. The zero-order chi connectivity index (χ0) is 14.5. The van der Waals surface area contributed by atoms with Crippen molar-refractivity contribution in [3.63, 3.8) is 0 Å². The molecule has 1 aliphatic rings. The highest BCUT2D eigenvalue weighted by atomic mass is 35.5. The fourth-order valence-electron chi connectivity index (χ4n) is 2.40. The molecule has 2 N–H and O–H groups in total. The Bertz CT molecular complexity index is 693. The summed E-state index contributed by atoms with van der Waals surface area (Å²) < 4.78 is 0.650. The lowest BCUT2D eigenvalue weighted by Gasteiger charge is -2.17. The second-order valence-electron chi connectivity index (χ2n) is 5.43. The van der Waals surface area contributed by atoms with Crippen LogP contribution >= 0.6 is 22.9 Å². The highest BCUT2D eigenvalue weighted by Crippen LogP contribution is 2.40. The van der Waals surface area contributed by atoms with Crippen molar-refractivity contribution in [3.8, 4) is 0 Å². The van der Waals surface area contributed by atoms with Crippen LogP contribution in [-0.4, -0.2) is 11.0 Å². The van der Waals surface area contributed by atoms with Crippen molar-refractivity contribution < 1.29 is 9.90 Å². The summed E-state index contributed by atoms with van der Waals surface area (Å²) in [6.45, 7) is 3.76. The maximum Gasteiger partial charge on any atom is 0.234 e. The van der Waals surface area contributed by atoms with E-state index in [0.717, 1.165) is 21.7 Å². The summed E-state index contributed by atoms with van der Waals surface area (Å²) in [5.74, 6) is -0.0155. The van der Waals surface area contributed by atoms with Gasteiger partial charge >= 0.3 is 0 Å². The fourth-order valence-corrected chi connectivity index (χ4v) is 3.47. The summed E-state index contributed by atoms with van der Waals surface area (Å²) in [4.78, 5) is 12.7. The molecule has 2 aromatic rings. The number of aliphatic hydroxyl groups is 1. The van der Waals surface area contributed by atoms with Crippen molar-refractivity contribution in [2.45, 2.75) is 25.4 Å². The number of aliphatic hydroxyl groups excluding tert-OH is 1. The van der Waals surface area contributed by atoms with Crippen LogP contribution in [0, 0.1) is 0 Å². The molecular weight excluding hydrogens is 294 g/mol. The molecule has 0 bridgehead atoms. The van der Waals surface area contributed by atoms with Crippen LogP contribution in [0.1, 0.15) is 36.0 Å². The van der Waals surface area contributed by atoms with Gasteiger partial charge in [0.15, 0.2) is 0 Å². The molecule has 0 spiro atoms. The molecule has 0 saturated carbocycles. The van der Waals surface area contributed by atoms with Gasteiger partial charge in [-0.15, -0.1) is 11.3 Å². The zero-order valence-corrected chi connectivity index (χ0v) is 12.7. The number of thiophene rings is 1. The fraction of sp³-hybridized carbons (Fsp3) is 0.267. The third-order valence-corrected chi connectivity index (χ3v) is 5.00. The van der Waals surface area contributed by atoms with Gasteiger partial charge in [-0.05, 0) is 49.2 Å². The van der Waals surface area contributed by atoms with E-state index in [2.05, 4.69) is 5.32 Å². The van der Waals surface area contributed by atoms with Crippen molar-refractivity contribution in [1.29, 1.82) is 0 Å². The third kappa shape index (κ3) is 2.04. The van der Waals surface area contributed by atoms with Crippen LogP contribution in [0.2, 0.25) is 4.34 Å². The standard InChI is InChI=1S/C15H14ClNO2S/c1-15(2)9-7-8(3-4-10(9)17-14(15)19)13(18)11-5-6-12(16)20-11/h3-7,13,18H,1-2H3,(H,17,19). The van der Waals surface area contributed by atoms with Crippen LogP contribution in [0.4, 0.5) is 5.69 Å². The van der Waals surface area contributed by atoms with Gasteiger partial charge in [0.2, 0.25) is 5.91 Å². The van der Waals surface area contributed by atoms with Crippen molar-refractivity contribution in [2.75, 3.05) is 5.32 Å². The molecule has 20 heavy (non-hydrogen) atoms. The van der Waals surface area contributed by atoms with Gasteiger partial charge in [0.1, 0.15) is 6.10 Å². The van der Waals surface area contributed by atoms with Gasteiger partial charge in [0.25, 0.3) is 0 Å². The normalized spacial score (nSPS) is 17.7. The molecule has 5 heteroatoms. The molecule has 1 amide bonds. The van der Waals surface area contributed by atoms with Gasteiger partial charge in [-0.3, -0.25) is 4.79 Å². The van der Waals surface area contributed by atoms with Crippen LogP contribution in [-0.2, 0) is 10.2 Å². The molecule has 1 atom stereocenters. The molecule has 2 heterocycles. The molecule has 0 fully saturated rings. The van der Waals surface area contributed by atoms with Crippen molar-refractivity contribution in [2.24, 2.45) is 0 Å². The molecule has 0 radical (unpaired) electrons. The minimum atomic E-state index is -0.718. The molecule has 0 aliphatic carbocycles. The van der Waals surface area contributed by atoms with Gasteiger partial charge < -0.3 is 10.4 Å². The number of hydrogen-bond donors (Lipinski definition) is 2. The Morgan fingerprint density at radius 2 is 2.05 bits per heavy atom. The summed E-state index contributed by atoms with van der Waals surface area (Å²) in [5, 5.41) is 13.3. The second-order valence-corrected chi connectivity index (χ2v) is 7.18. The average molecular weight is 308 g/mol. The Kier molecular flexibility index (Phi) is 3.12. The van der Waals surface area contributed by atoms with E-state index < -0.39 is 11.5 Å². The van der Waals surface area contributed by atoms with E-state index >= 15 is 0 Å². The second kappa shape index (κ2) is 4.58. The molecule has 1 aromatic heterocycles. The maximum atomic E-state index is 11.9. The van der Waals surface area contributed by atoms with Crippen LogP contribution in [0.25, 0.3) is 0 Å². The van der Waals surface area contributed by atoms with Gasteiger partial charge in [-0.2, -0.15) is 0 Å². The first-order valence-electron chi connectivity index (χ1n) is 6.29. The summed E-state index contributed by atoms with van der Waals surface area (Å²) in [7, 11) is 0. The lowest BCUT2D eigenvalue weighted by molar-refractivity contribution is -0.119. The van der Waals surface area contributed by atoms with E-state index in [1.54, 1.807) is 6.07 Å². The third-order valence-electron chi connectivity index (χ3n) is 3.71. The van der Waals surface area contributed by atoms with E-state index in [1.807, 2.05) is 38.1 Å². The quantitative estimate of drug-likeness (QED) is 0.888. The van der Waals surface area contributed by atoms with Gasteiger partial charge in [-0.25, -0.2) is 0 Å². The smallest absolute Gasteiger partial charge is 0.234 e. The minimum Gasteiger partial charge on any atom is -0.383 e. The van der Waals surface area contributed by atoms with Gasteiger partial charge in [0.05, 0.1) is 9.75 Å². The Hall–Kier alpha value is -1.36. The SMILES string of the molecule is CC1(C)C(=O)Nc2ccc(C(O)c3ccc(Cl)s3)cc21. The Balaban J connectivity index is 2.02. The summed E-state index contributed by atoms with van der Waals surface area (Å²) in [6.07, 6.45) is -0.718. The maximum absolute atomic E-state index is 11.9. The number of anilines is 1. The Labute approximate surface area is 126 Å². The van der Waals surface area contributed by atoms with E-state index in [0.29, 0.717) is 4.34 Å². The average Bonchev–Trinajstić information content (AvgIpc) is 2.92. The Morgan fingerprint density at radius 1 is 1.30 bits per heavy atom. The molecule has 1 aliphatic heterocycles. The number of amides is 1. The predicted octanol–water partition coefficient (Wildman–Crippen LogP) is 3.71. The number of nitrogens with one attached hydrogen (secondary N) is 1. The number of fused-ring (bicyclic) bond motifs is 1. The lowest BCUT2D eigenvalue weighted by Crippen LogP contribution is -2.26. The molecule has 3 rings (SSSR count). The zero-order valence-electron chi connectivity index (χ0n) is 11.1. The molecule has 104 valence electrons. The number of benzene rings is 1. The van der Waals surface area contributed by atoms with Gasteiger partial charge in [0, 0.05) is 10.6 Å². The Morgan fingerprint density at radius 3 is 2.70 bits per heavy atom. The molecular formula is C15H14ClNO2S.